The molecule has 2 amide bonds. The van der Waals surface area contributed by atoms with E-state index in [4.69, 9.17) is 4.74 Å². The first kappa shape index (κ1) is 25.7. The Kier molecular flexibility index (Phi) is 8.04. The molecule has 0 bridgehead atoms. The van der Waals surface area contributed by atoms with Crippen LogP contribution in [-0.4, -0.2) is 32.8 Å². The van der Waals surface area contributed by atoms with E-state index in [-0.39, 0.29) is 18.3 Å². The van der Waals surface area contributed by atoms with Crippen LogP contribution in [0.2, 0.25) is 0 Å². The molecule has 1 aromatic heterocycles. The number of nitro benzene ring substituents is 1. The Morgan fingerprint density at radius 2 is 1.84 bits per heavy atom. The Morgan fingerprint density at radius 3 is 2.57 bits per heavy atom. The molecule has 0 atom stereocenters. The molecule has 0 aliphatic heterocycles. The summed E-state index contributed by atoms with van der Waals surface area (Å²) in [6, 6.07) is 19.2. The minimum atomic E-state index is -0.450. The summed E-state index contributed by atoms with van der Waals surface area (Å²) in [5, 5.41) is 26.0. The first-order valence-electron chi connectivity index (χ1n) is 11.4. The summed E-state index contributed by atoms with van der Waals surface area (Å²) < 4.78 is 7.09. The van der Waals surface area contributed by atoms with Gasteiger partial charge in [0.25, 0.3) is 5.69 Å². The minimum Gasteiger partial charge on any atom is -0.497 e. The van der Waals surface area contributed by atoms with Crippen LogP contribution in [0.25, 0.3) is 5.69 Å². The molecule has 0 saturated heterocycles. The van der Waals surface area contributed by atoms with Crippen molar-refractivity contribution in [3.63, 3.8) is 0 Å². The summed E-state index contributed by atoms with van der Waals surface area (Å²) in [5.41, 5.74) is 4.46. The van der Waals surface area contributed by atoms with Gasteiger partial charge >= 0.3 is 6.03 Å². The molecule has 11 heteroatoms. The van der Waals surface area contributed by atoms with E-state index in [9.17, 15) is 14.9 Å². The van der Waals surface area contributed by atoms with Crippen LogP contribution < -0.4 is 15.4 Å². The van der Waals surface area contributed by atoms with Gasteiger partial charge in [0, 0.05) is 29.3 Å². The minimum absolute atomic E-state index is 0.0185. The number of aromatic nitrogens is 3. The largest absolute Gasteiger partial charge is 0.497 e. The lowest BCUT2D eigenvalue weighted by Gasteiger charge is -2.13. The average molecular weight is 519 g/mol. The van der Waals surface area contributed by atoms with Crippen LogP contribution in [0, 0.1) is 24.0 Å². The highest BCUT2D eigenvalue weighted by molar-refractivity contribution is 7.98. The fourth-order valence-electron chi connectivity index (χ4n) is 3.61. The summed E-state index contributed by atoms with van der Waals surface area (Å²) in [6.45, 7) is 4.03. The highest BCUT2D eigenvalue weighted by Crippen LogP contribution is 2.27. The number of hydrogen-bond donors (Lipinski definition) is 2. The number of rotatable bonds is 9. The maximum atomic E-state index is 12.6. The molecule has 3 aromatic carbocycles. The first-order chi connectivity index (χ1) is 17.9. The van der Waals surface area contributed by atoms with Crippen molar-refractivity contribution in [2.24, 2.45) is 0 Å². The van der Waals surface area contributed by atoms with Crippen LogP contribution in [0.1, 0.15) is 22.5 Å². The molecule has 1 heterocycles. The van der Waals surface area contributed by atoms with Gasteiger partial charge in [-0.15, -0.1) is 10.2 Å². The number of urea groups is 1. The van der Waals surface area contributed by atoms with E-state index >= 15 is 0 Å². The van der Waals surface area contributed by atoms with E-state index < -0.39 is 4.92 Å². The van der Waals surface area contributed by atoms with Gasteiger partial charge in [-0.1, -0.05) is 36.0 Å². The smallest absolute Gasteiger partial charge is 0.319 e. The maximum Gasteiger partial charge on any atom is 0.319 e. The third kappa shape index (κ3) is 6.25. The summed E-state index contributed by atoms with van der Waals surface area (Å²) in [7, 11) is 1.62. The van der Waals surface area contributed by atoms with Crippen molar-refractivity contribution in [3.05, 3.63) is 99.4 Å². The van der Waals surface area contributed by atoms with Crippen LogP contribution in [0.5, 0.6) is 5.75 Å². The molecular formula is C26H26N6O4S. The van der Waals surface area contributed by atoms with Gasteiger partial charge in [-0.25, -0.2) is 4.79 Å². The number of carbonyl (C=O) groups is 1. The van der Waals surface area contributed by atoms with Gasteiger partial charge < -0.3 is 15.4 Å². The average Bonchev–Trinajstić information content (AvgIpc) is 3.32. The van der Waals surface area contributed by atoms with Crippen LogP contribution in [-0.2, 0) is 12.3 Å². The number of benzene rings is 3. The number of nitrogens with one attached hydrogen (secondary N) is 2. The highest BCUT2D eigenvalue weighted by atomic mass is 32.2. The van der Waals surface area contributed by atoms with Crippen molar-refractivity contribution in [3.8, 4) is 11.4 Å². The number of hydrogen-bond acceptors (Lipinski definition) is 7. The molecule has 0 saturated carbocycles. The van der Waals surface area contributed by atoms with Crippen LogP contribution in [0.4, 0.5) is 16.2 Å². The second-order valence-corrected chi connectivity index (χ2v) is 9.15. The van der Waals surface area contributed by atoms with Gasteiger partial charge in [-0.2, -0.15) is 0 Å². The number of non-ortho nitro benzene ring substituents is 1. The number of ether oxygens (including phenoxy) is 1. The van der Waals surface area contributed by atoms with Gasteiger partial charge in [-0.3, -0.25) is 14.7 Å². The fraction of sp³-hybridized carbons (Fsp3) is 0.192. The molecule has 0 aliphatic rings. The summed E-state index contributed by atoms with van der Waals surface area (Å²) >= 11 is 1.46. The fourth-order valence-corrected chi connectivity index (χ4v) is 4.53. The van der Waals surface area contributed by atoms with Gasteiger partial charge in [0.2, 0.25) is 0 Å². The molecule has 0 fully saturated rings. The molecule has 190 valence electrons. The highest BCUT2D eigenvalue weighted by Gasteiger charge is 2.17. The summed E-state index contributed by atoms with van der Waals surface area (Å²) in [6.07, 6.45) is 0. The van der Waals surface area contributed by atoms with Crippen molar-refractivity contribution in [1.29, 1.82) is 0 Å². The number of carbonyl (C=O) groups excluding carboxylic acids is 1. The Balaban J connectivity index is 1.55. The lowest BCUT2D eigenvalue weighted by Crippen LogP contribution is -2.29. The Bertz CT molecular complexity index is 1420. The second kappa shape index (κ2) is 11.6. The van der Waals surface area contributed by atoms with Crippen molar-refractivity contribution in [2.75, 3.05) is 12.4 Å². The second-order valence-electron chi connectivity index (χ2n) is 8.20. The van der Waals surface area contributed by atoms with Crippen LogP contribution >= 0.6 is 11.8 Å². The number of methoxy groups -OCH3 is 1. The number of nitro groups is 1. The van der Waals surface area contributed by atoms with Crippen molar-refractivity contribution >= 4 is 29.2 Å². The number of amides is 2. The van der Waals surface area contributed by atoms with Gasteiger partial charge in [-0.05, 0) is 60.9 Å². The number of aryl methyl sites for hydroxylation is 1. The molecule has 2 N–H and O–H groups in total. The lowest BCUT2D eigenvalue weighted by atomic mass is 10.1. The Labute approximate surface area is 218 Å². The van der Waals surface area contributed by atoms with Crippen molar-refractivity contribution in [2.45, 2.75) is 31.3 Å². The van der Waals surface area contributed by atoms with E-state index in [1.165, 1.54) is 23.9 Å². The van der Waals surface area contributed by atoms with E-state index in [1.807, 2.05) is 56.3 Å². The molecule has 0 spiro atoms. The third-order valence-corrected chi connectivity index (χ3v) is 6.78. The predicted octanol–water partition coefficient (Wildman–Crippen LogP) is 5.41. The zero-order valence-corrected chi connectivity index (χ0v) is 21.4. The van der Waals surface area contributed by atoms with Crippen LogP contribution in [0.15, 0.2) is 71.9 Å². The lowest BCUT2D eigenvalue weighted by molar-refractivity contribution is -0.384. The number of nitrogens with zero attached hydrogens (tertiary/aromatic N) is 4. The monoisotopic (exact) mass is 518 g/mol. The molecule has 0 unspecified atom stereocenters. The van der Waals surface area contributed by atoms with E-state index in [0.717, 1.165) is 28.1 Å². The van der Waals surface area contributed by atoms with Crippen molar-refractivity contribution in [1.82, 2.24) is 20.1 Å². The normalized spacial score (nSPS) is 10.7. The Hall–Kier alpha value is -4.38. The van der Waals surface area contributed by atoms with Gasteiger partial charge in [0.15, 0.2) is 11.0 Å². The summed E-state index contributed by atoms with van der Waals surface area (Å²) in [4.78, 5) is 23.3. The van der Waals surface area contributed by atoms with Gasteiger partial charge in [0.1, 0.15) is 5.75 Å². The zero-order chi connectivity index (χ0) is 26.4. The van der Waals surface area contributed by atoms with E-state index in [2.05, 4.69) is 20.8 Å². The predicted molar refractivity (Wildman–Crippen MR) is 142 cm³/mol. The number of anilines is 1. The quantitative estimate of drug-likeness (QED) is 0.172. The SMILES string of the molecule is COc1cccc(CSc2nnc(CNC(=O)Nc3cccc(C)c3C)n2-c2ccc([N+](=O)[O-])cc2)c1. The van der Waals surface area contributed by atoms with Crippen LogP contribution in [0.3, 0.4) is 0 Å². The third-order valence-electron chi connectivity index (χ3n) is 5.78. The molecule has 0 aliphatic carbocycles. The molecule has 37 heavy (non-hydrogen) atoms. The maximum absolute atomic E-state index is 12.6. The molecular weight excluding hydrogens is 492 g/mol. The molecule has 4 aromatic rings. The van der Waals surface area contributed by atoms with E-state index in [1.54, 1.807) is 23.8 Å². The van der Waals surface area contributed by atoms with Gasteiger partial charge in [0.05, 0.1) is 18.6 Å². The topological polar surface area (TPSA) is 124 Å². The molecule has 0 radical (unpaired) electrons. The molecule has 10 nitrogen and oxygen atoms in total. The first-order valence-corrected chi connectivity index (χ1v) is 12.4. The number of thioether (sulfide) groups is 1. The summed E-state index contributed by atoms with van der Waals surface area (Å²) in [5.74, 6) is 1.84. The zero-order valence-electron chi connectivity index (χ0n) is 20.6. The van der Waals surface area contributed by atoms with E-state index in [0.29, 0.717) is 22.4 Å². The Morgan fingerprint density at radius 1 is 1.08 bits per heavy atom. The standard InChI is InChI=1S/C26H26N6O4S/c1-17-6-4-9-23(18(17)2)28-25(33)27-15-24-29-30-26(37-16-19-7-5-8-22(14-19)36-3)31(24)20-10-12-21(13-11-20)32(34)35/h4-14H,15-16H2,1-3H3,(H2,27,28,33). The van der Waals surface area contributed by atoms with Crippen molar-refractivity contribution < 1.29 is 14.5 Å². The molecule has 4 rings (SSSR count).